The molecule has 0 aliphatic heterocycles. The number of halogens is 1. The average molecular weight is 311 g/mol. The highest BCUT2D eigenvalue weighted by Gasteiger charge is 2.05. The zero-order valence-corrected chi connectivity index (χ0v) is 11.9. The summed E-state index contributed by atoms with van der Waals surface area (Å²) < 4.78 is 6.31. The molecule has 18 heavy (non-hydrogen) atoms. The summed E-state index contributed by atoms with van der Waals surface area (Å²) in [7, 11) is 0. The fourth-order valence-corrected chi connectivity index (χ4v) is 1.82. The number of anilines is 2. The van der Waals surface area contributed by atoms with E-state index in [4.69, 9.17) is 4.42 Å². The Balaban J connectivity index is 2.05. The highest BCUT2D eigenvalue weighted by Crippen LogP contribution is 2.21. The van der Waals surface area contributed by atoms with Gasteiger partial charge in [-0.15, -0.1) is 0 Å². The van der Waals surface area contributed by atoms with Gasteiger partial charge in [0.2, 0.25) is 5.95 Å². The number of hydrogen-bond donors (Lipinski definition) is 2. The summed E-state index contributed by atoms with van der Waals surface area (Å²) in [5, 5.41) is 6.28. The van der Waals surface area contributed by atoms with Gasteiger partial charge in [0.15, 0.2) is 0 Å². The molecule has 0 saturated carbocycles. The molecule has 2 aromatic heterocycles. The Hall–Kier alpha value is -1.56. The van der Waals surface area contributed by atoms with Crippen LogP contribution in [0.5, 0.6) is 0 Å². The summed E-state index contributed by atoms with van der Waals surface area (Å²) in [5.74, 6) is 3.14. The molecule has 0 bridgehead atoms. The molecule has 96 valence electrons. The van der Waals surface area contributed by atoms with Crippen LogP contribution in [0.1, 0.15) is 18.4 Å². The minimum Gasteiger partial charge on any atom is -0.465 e. The summed E-state index contributed by atoms with van der Waals surface area (Å²) in [4.78, 5) is 8.52. The highest BCUT2D eigenvalue weighted by atomic mass is 79.9. The predicted octanol–water partition coefficient (Wildman–Crippen LogP) is 3.18. The van der Waals surface area contributed by atoms with Gasteiger partial charge in [-0.05, 0) is 41.9 Å². The smallest absolute Gasteiger partial charge is 0.224 e. The zero-order valence-electron chi connectivity index (χ0n) is 10.3. The third-order valence-corrected chi connectivity index (χ3v) is 2.89. The molecule has 0 fully saturated rings. The SMILES string of the molecule is CCNc1ncc(Br)c(NCc2ccc(C)o2)n1. The fraction of sp³-hybridized carbons (Fsp3) is 0.333. The Morgan fingerprint density at radius 1 is 1.33 bits per heavy atom. The molecular weight excluding hydrogens is 296 g/mol. The van der Waals surface area contributed by atoms with Gasteiger partial charge >= 0.3 is 0 Å². The molecule has 0 saturated heterocycles. The molecule has 2 aromatic rings. The molecule has 2 heterocycles. The van der Waals surface area contributed by atoms with Crippen molar-refractivity contribution in [1.29, 1.82) is 0 Å². The van der Waals surface area contributed by atoms with Gasteiger partial charge in [0, 0.05) is 12.7 Å². The largest absolute Gasteiger partial charge is 0.465 e. The van der Waals surface area contributed by atoms with Crippen molar-refractivity contribution in [2.75, 3.05) is 17.2 Å². The van der Waals surface area contributed by atoms with E-state index in [1.54, 1.807) is 6.20 Å². The van der Waals surface area contributed by atoms with Crippen LogP contribution in [0.15, 0.2) is 27.2 Å². The molecular formula is C12H15BrN4O. The van der Waals surface area contributed by atoms with E-state index in [1.807, 2.05) is 26.0 Å². The van der Waals surface area contributed by atoms with Gasteiger partial charge in [0.05, 0.1) is 11.0 Å². The summed E-state index contributed by atoms with van der Waals surface area (Å²) in [6.07, 6.45) is 1.72. The number of aryl methyl sites for hydroxylation is 1. The Kier molecular flexibility index (Phi) is 4.19. The lowest BCUT2D eigenvalue weighted by atomic mass is 10.4. The molecule has 0 aromatic carbocycles. The fourth-order valence-electron chi connectivity index (χ4n) is 1.49. The van der Waals surface area contributed by atoms with Crippen LogP contribution in [0.4, 0.5) is 11.8 Å². The summed E-state index contributed by atoms with van der Waals surface area (Å²) in [5.41, 5.74) is 0. The molecule has 0 radical (unpaired) electrons. The number of hydrogen-bond acceptors (Lipinski definition) is 5. The first kappa shape index (κ1) is 12.9. The number of nitrogens with zero attached hydrogens (tertiary/aromatic N) is 2. The molecule has 0 unspecified atom stereocenters. The van der Waals surface area contributed by atoms with E-state index in [0.29, 0.717) is 12.5 Å². The second kappa shape index (κ2) is 5.86. The normalized spacial score (nSPS) is 10.4. The second-order valence-corrected chi connectivity index (χ2v) is 4.64. The van der Waals surface area contributed by atoms with Crippen LogP contribution < -0.4 is 10.6 Å². The molecule has 0 spiro atoms. The molecule has 5 nitrogen and oxygen atoms in total. The minimum atomic E-state index is 0.592. The number of furan rings is 1. The first-order valence-corrected chi connectivity index (χ1v) is 6.54. The van der Waals surface area contributed by atoms with E-state index < -0.39 is 0 Å². The third-order valence-electron chi connectivity index (χ3n) is 2.31. The van der Waals surface area contributed by atoms with E-state index in [0.717, 1.165) is 28.4 Å². The zero-order chi connectivity index (χ0) is 13.0. The van der Waals surface area contributed by atoms with Crippen LogP contribution in [0, 0.1) is 6.92 Å². The van der Waals surface area contributed by atoms with Gasteiger partial charge in [-0.25, -0.2) is 4.98 Å². The summed E-state index contributed by atoms with van der Waals surface area (Å²) >= 11 is 3.41. The van der Waals surface area contributed by atoms with E-state index >= 15 is 0 Å². The summed E-state index contributed by atoms with van der Waals surface area (Å²) in [6, 6.07) is 3.89. The molecule has 2 rings (SSSR count). The molecule has 0 atom stereocenters. The van der Waals surface area contributed by atoms with Crippen molar-refractivity contribution >= 4 is 27.7 Å². The molecule has 6 heteroatoms. The lowest BCUT2D eigenvalue weighted by Crippen LogP contribution is -2.06. The van der Waals surface area contributed by atoms with Crippen molar-refractivity contribution < 1.29 is 4.42 Å². The van der Waals surface area contributed by atoms with E-state index in [-0.39, 0.29) is 0 Å². The number of rotatable bonds is 5. The quantitative estimate of drug-likeness (QED) is 0.888. The Labute approximate surface area is 114 Å². The second-order valence-electron chi connectivity index (χ2n) is 3.79. The van der Waals surface area contributed by atoms with Crippen LogP contribution in [0.3, 0.4) is 0 Å². The van der Waals surface area contributed by atoms with E-state index in [9.17, 15) is 0 Å². The minimum absolute atomic E-state index is 0.592. The van der Waals surface area contributed by atoms with E-state index in [1.165, 1.54) is 0 Å². The maximum absolute atomic E-state index is 5.49. The van der Waals surface area contributed by atoms with Crippen LogP contribution in [0.2, 0.25) is 0 Å². The number of aromatic nitrogens is 2. The molecule has 2 N–H and O–H groups in total. The standard InChI is InChI=1S/C12H15BrN4O/c1-3-14-12-16-7-10(13)11(17-12)15-6-9-5-4-8(2)18-9/h4-5,7H,3,6H2,1-2H3,(H2,14,15,16,17). The summed E-state index contributed by atoms with van der Waals surface area (Å²) in [6.45, 7) is 5.31. The maximum Gasteiger partial charge on any atom is 0.224 e. The molecule has 0 aliphatic rings. The van der Waals surface area contributed by atoms with Crippen molar-refractivity contribution in [2.45, 2.75) is 20.4 Å². The van der Waals surface area contributed by atoms with Crippen LogP contribution in [-0.4, -0.2) is 16.5 Å². The maximum atomic E-state index is 5.49. The first-order chi connectivity index (χ1) is 8.69. The van der Waals surface area contributed by atoms with Crippen molar-refractivity contribution in [3.63, 3.8) is 0 Å². The molecule has 0 aliphatic carbocycles. The lowest BCUT2D eigenvalue weighted by molar-refractivity contribution is 0.490. The van der Waals surface area contributed by atoms with Crippen LogP contribution in [0.25, 0.3) is 0 Å². The first-order valence-electron chi connectivity index (χ1n) is 5.74. The van der Waals surface area contributed by atoms with Crippen molar-refractivity contribution in [2.24, 2.45) is 0 Å². The van der Waals surface area contributed by atoms with Crippen LogP contribution >= 0.6 is 15.9 Å². The van der Waals surface area contributed by atoms with Gasteiger partial charge in [-0.3, -0.25) is 0 Å². The Morgan fingerprint density at radius 2 is 2.17 bits per heavy atom. The van der Waals surface area contributed by atoms with Crippen molar-refractivity contribution in [3.8, 4) is 0 Å². The van der Waals surface area contributed by atoms with Gasteiger partial charge in [-0.1, -0.05) is 0 Å². The van der Waals surface area contributed by atoms with Crippen molar-refractivity contribution in [3.05, 3.63) is 34.3 Å². The van der Waals surface area contributed by atoms with Crippen molar-refractivity contribution in [1.82, 2.24) is 9.97 Å². The van der Waals surface area contributed by atoms with Gasteiger partial charge in [0.1, 0.15) is 17.3 Å². The van der Waals surface area contributed by atoms with Gasteiger partial charge < -0.3 is 15.1 Å². The topological polar surface area (TPSA) is 63.0 Å². The lowest BCUT2D eigenvalue weighted by Gasteiger charge is -2.08. The number of nitrogens with one attached hydrogen (secondary N) is 2. The third kappa shape index (κ3) is 3.22. The average Bonchev–Trinajstić information content (AvgIpc) is 2.76. The van der Waals surface area contributed by atoms with Gasteiger partial charge in [0.25, 0.3) is 0 Å². The van der Waals surface area contributed by atoms with Crippen LogP contribution in [-0.2, 0) is 6.54 Å². The monoisotopic (exact) mass is 310 g/mol. The van der Waals surface area contributed by atoms with E-state index in [2.05, 4.69) is 36.5 Å². The Bertz CT molecular complexity index is 527. The predicted molar refractivity (Wildman–Crippen MR) is 74.7 cm³/mol. The Morgan fingerprint density at radius 3 is 2.83 bits per heavy atom. The highest BCUT2D eigenvalue weighted by molar-refractivity contribution is 9.10. The van der Waals surface area contributed by atoms with Gasteiger partial charge in [-0.2, -0.15) is 4.98 Å². The molecule has 0 amide bonds.